The monoisotopic (exact) mass is 348 g/mol. The molecule has 0 saturated carbocycles. The van der Waals surface area contributed by atoms with Crippen molar-refractivity contribution in [3.63, 3.8) is 0 Å². The van der Waals surface area contributed by atoms with Gasteiger partial charge in [0.2, 0.25) is 0 Å². The van der Waals surface area contributed by atoms with Crippen LogP contribution in [0.3, 0.4) is 0 Å². The summed E-state index contributed by atoms with van der Waals surface area (Å²) in [6.45, 7) is 3.58. The molecular formula is C25H16O2. The predicted molar refractivity (Wildman–Crippen MR) is 107 cm³/mol. The average Bonchev–Trinajstić information content (AvgIpc) is 2.95. The highest BCUT2D eigenvalue weighted by atomic mass is 16.5. The molecule has 0 radical (unpaired) electrons. The Balaban J connectivity index is 2.06. The Hall–Kier alpha value is -3.93. The number of hydrogen-bond acceptors (Lipinski definition) is 2. The molecule has 3 rings (SSSR count). The van der Waals surface area contributed by atoms with Crippen molar-refractivity contribution in [3.05, 3.63) is 83.1 Å². The smallest absolute Gasteiger partial charge is 0.198 e. The number of ether oxygens (including phenoxy) is 1. The highest BCUT2D eigenvalue weighted by Crippen LogP contribution is 2.40. The molecule has 0 bridgehead atoms. The minimum atomic E-state index is -0.0652. The summed E-state index contributed by atoms with van der Waals surface area (Å²) in [4.78, 5) is 13.2. The molecule has 0 spiro atoms. The van der Waals surface area contributed by atoms with Crippen LogP contribution in [0.25, 0.3) is 11.1 Å². The highest BCUT2D eigenvalue weighted by molar-refractivity contribution is 6.46. The highest BCUT2D eigenvalue weighted by Gasteiger charge is 2.33. The second-order valence-corrected chi connectivity index (χ2v) is 5.72. The molecule has 0 fully saturated rings. The zero-order valence-electron chi connectivity index (χ0n) is 15.1. The van der Waals surface area contributed by atoms with E-state index in [1.54, 1.807) is 6.92 Å². The molecule has 0 atom stereocenters. The first-order chi connectivity index (χ1) is 13.2. The molecule has 1 aliphatic carbocycles. The van der Waals surface area contributed by atoms with Crippen molar-refractivity contribution in [2.45, 2.75) is 13.8 Å². The number of Topliss-reactive ketones (excluding diaryl/α,β-unsaturated/α-hetero) is 1. The molecule has 1 aliphatic rings. The summed E-state index contributed by atoms with van der Waals surface area (Å²) in [5.41, 5.74) is 3.57. The fourth-order valence-corrected chi connectivity index (χ4v) is 2.87. The van der Waals surface area contributed by atoms with Crippen LogP contribution in [0, 0.1) is 35.7 Å². The van der Waals surface area contributed by atoms with E-state index in [-0.39, 0.29) is 5.78 Å². The van der Waals surface area contributed by atoms with Gasteiger partial charge in [0.05, 0.1) is 5.57 Å². The van der Waals surface area contributed by atoms with Crippen LogP contribution in [-0.2, 0) is 9.53 Å². The van der Waals surface area contributed by atoms with E-state index >= 15 is 0 Å². The summed E-state index contributed by atoms with van der Waals surface area (Å²) in [7, 11) is 0. The number of rotatable bonds is 3. The van der Waals surface area contributed by atoms with E-state index < -0.39 is 0 Å². The molecule has 2 heteroatoms. The third kappa shape index (κ3) is 3.85. The van der Waals surface area contributed by atoms with Gasteiger partial charge in [0.25, 0.3) is 0 Å². The summed E-state index contributed by atoms with van der Waals surface area (Å²) >= 11 is 0. The number of benzene rings is 2. The van der Waals surface area contributed by atoms with Crippen LogP contribution in [0.15, 0.2) is 72.0 Å². The first-order valence-corrected chi connectivity index (χ1v) is 8.43. The molecule has 2 aromatic rings. The summed E-state index contributed by atoms with van der Waals surface area (Å²) in [5.74, 6) is 13.5. The average molecular weight is 348 g/mol. The van der Waals surface area contributed by atoms with Gasteiger partial charge in [-0.3, -0.25) is 4.79 Å². The Morgan fingerprint density at radius 3 is 1.89 bits per heavy atom. The number of carbonyl (C=O) groups excluding carboxylic acids is 1. The molecule has 0 heterocycles. The van der Waals surface area contributed by atoms with Gasteiger partial charge in [0.15, 0.2) is 11.5 Å². The van der Waals surface area contributed by atoms with Gasteiger partial charge in [-0.05, 0) is 36.8 Å². The second kappa shape index (κ2) is 8.44. The number of hydrogen-bond donors (Lipinski definition) is 0. The molecule has 0 amide bonds. The van der Waals surface area contributed by atoms with Crippen molar-refractivity contribution in [1.29, 1.82) is 0 Å². The topological polar surface area (TPSA) is 26.3 Å². The van der Waals surface area contributed by atoms with Crippen molar-refractivity contribution >= 4 is 16.9 Å². The van der Waals surface area contributed by atoms with Crippen LogP contribution in [0.4, 0.5) is 0 Å². The minimum Gasteiger partial charge on any atom is -0.406 e. The first kappa shape index (κ1) is 17.9. The van der Waals surface area contributed by atoms with Crippen LogP contribution >= 0.6 is 0 Å². The summed E-state index contributed by atoms with van der Waals surface area (Å²) in [6, 6.07) is 19.1. The molecule has 2 nitrogen and oxygen atoms in total. The summed E-state index contributed by atoms with van der Waals surface area (Å²) in [5, 5.41) is 0. The maximum absolute atomic E-state index is 13.2. The Labute approximate surface area is 159 Å². The standard InChI is InChI=1S/C25H16O2/c1-3-4-5-6-13-18-27-25-19(2)22(20-14-9-7-10-15-20)24(26)23(25)21-16-11-8-12-17-21/h7-12,14-17H,1-2H3. The lowest BCUT2D eigenvalue weighted by atomic mass is 9.97. The summed E-state index contributed by atoms with van der Waals surface area (Å²) in [6.07, 6.45) is 2.57. The molecule has 0 unspecified atom stereocenters. The molecule has 128 valence electrons. The number of carbonyl (C=O) groups is 1. The summed E-state index contributed by atoms with van der Waals surface area (Å²) < 4.78 is 5.67. The lowest BCUT2D eigenvalue weighted by Crippen LogP contribution is -2.01. The van der Waals surface area contributed by atoms with Crippen molar-refractivity contribution in [3.8, 4) is 35.7 Å². The van der Waals surface area contributed by atoms with Crippen molar-refractivity contribution in [2.24, 2.45) is 0 Å². The van der Waals surface area contributed by atoms with E-state index in [0.29, 0.717) is 16.9 Å². The van der Waals surface area contributed by atoms with Crippen LogP contribution in [0.2, 0.25) is 0 Å². The second-order valence-electron chi connectivity index (χ2n) is 5.72. The Morgan fingerprint density at radius 2 is 1.30 bits per heavy atom. The molecule has 0 N–H and O–H groups in total. The number of allylic oxidation sites excluding steroid dienone is 3. The van der Waals surface area contributed by atoms with Gasteiger partial charge in [-0.25, -0.2) is 0 Å². The molecule has 0 aliphatic heterocycles. The lowest BCUT2D eigenvalue weighted by molar-refractivity contribution is -0.108. The quantitative estimate of drug-likeness (QED) is 0.766. The Morgan fingerprint density at radius 1 is 0.741 bits per heavy atom. The predicted octanol–water partition coefficient (Wildman–Crippen LogP) is 4.46. The van der Waals surface area contributed by atoms with Gasteiger partial charge >= 0.3 is 0 Å². The van der Waals surface area contributed by atoms with E-state index in [2.05, 4.69) is 35.7 Å². The van der Waals surface area contributed by atoms with E-state index in [9.17, 15) is 4.79 Å². The zero-order chi connectivity index (χ0) is 19.1. The van der Waals surface area contributed by atoms with Gasteiger partial charge in [-0.1, -0.05) is 66.6 Å². The van der Waals surface area contributed by atoms with Gasteiger partial charge in [-0.15, -0.1) is 0 Å². The van der Waals surface area contributed by atoms with Crippen LogP contribution in [0.5, 0.6) is 0 Å². The van der Waals surface area contributed by atoms with E-state index in [0.717, 1.165) is 16.7 Å². The lowest BCUT2D eigenvalue weighted by Gasteiger charge is -2.05. The fraction of sp³-hybridized carbons (Fsp3) is 0.0800. The van der Waals surface area contributed by atoms with Gasteiger partial charge < -0.3 is 4.74 Å². The molecule has 2 aromatic carbocycles. The van der Waals surface area contributed by atoms with Gasteiger partial charge in [0, 0.05) is 23.0 Å². The molecule has 0 aromatic heterocycles. The maximum atomic E-state index is 13.2. The van der Waals surface area contributed by atoms with Gasteiger partial charge in [-0.2, -0.15) is 0 Å². The zero-order valence-corrected chi connectivity index (χ0v) is 15.1. The van der Waals surface area contributed by atoms with E-state index in [1.165, 1.54) is 0 Å². The Kier molecular flexibility index (Phi) is 5.59. The first-order valence-electron chi connectivity index (χ1n) is 8.43. The fourth-order valence-electron chi connectivity index (χ4n) is 2.87. The van der Waals surface area contributed by atoms with E-state index in [1.807, 2.05) is 67.6 Å². The van der Waals surface area contributed by atoms with Crippen LogP contribution in [-0.4, -0.2) is 5.78 Å². The third-order valence-corrected chi connectivity index (χ3v) is 4.04. The maximum Gasteiger partial charge on any atom is 0.198 e. The Bertz CT molecular complexity index is 1110. The van der Waals surface area contributed by atoms with Crippen molar-refractivity contribution in [2.75, 3.05) is 0 Å². The van der Waals surface area contributed by atoms with Crippen LogP contribution < -0.4 is 0 Å². The molecule has 27 heavy (non-hydrogen) atoms. The number of ketones is 1. The molecule has 0 saturated heterocycles. The van der Waals surface area contributed by atoms with Crippen molar-refractivity contribution < 1.29 is 9.53 Å². The van der Waals surface area contributed by atoms with Crippen molar-refractivity contribution in [1.82, 2.24) is 0 Å². The largest absolute Gasteiger partial charge is 0.406 e. The van der Waals surface area contributed by atoms with Crippen LogP contribution in [0.1, 0.15) is 25.0 Å². The minimum absolute atomic E-state index is 0.0652. The molecular weight excluding hydrogens is 332 g/mol. The van der Waals surface area contributed by atoms with Gasteiger partial charge in [0.1, 0.15) is 6.11 Å². The van der Waals surface area contributed by atoms with E-state index in [4.69, 9.17) is 4.74 Å². The SMILES string of the molecule is CC#CC#CC#COC1=C(c2ccccc2)C(=O)C(c2ccccc2)=C1C. The normalized spacial score (nSPS) is 12.4. The third-order valence-electron chi connectivity index (χ3n) is 4.04.